The lowest BCUT2D eigenvalue weighted by atomic mass is 10.0. The molecule has 3 rings (SSSR count). The number of rotatable bonds is 4. The second kappa shape index (κ2) is 7.62. The van der Waals surface area contributed by atoms with E-state index in [-0.39, 0.29) is 11.9 Å². The summed E-state index contributed by atoms with van der Waals surface area (Å²) >= 11 is 6.00. The molecule has 1 fully saturated rings. The summed E-state index contributed by atoms with van der Waals surface area (Å²) in [7, 11) is 0. The molecule has 120 valence electrons. The Kier molecular flexibility index (Phi) is 5.31. The first-order chi connectivity index (χ1) is 11.2. The van der Waals surface area contributed by atoms with Gasteiger partial charge in [0.2, 0.25) is 5.91 Å². The highest BCUT2D eigenvalue weighted by Gasteiger charge is 2.28. The Hall–Kier alpha value is -1.84. The molecular formula is C19H21ClN2O. The maximum Gasteiger partial charge on any atom is 0.246 e. The fourth-order valence-electron chi connectivity index (χ4n) is 3.08. The van der Waals surface area contributed by atoms with Crippen molar-refractivity contribution in [3.8, 4) is 0 Å². The minimum atomic E-state index is -0.271. The SMILES string of the molecule is O=C(Nc1ccccc1)C(c1ccc(Cl)cc1)N1CCCCC1. The number of carbonyl (C=O) groups excluding carboxylic acids is 1. The van der Waals surface area contributed by atoms with Crippen molar-refractivity contribution in [1.82, 2.24) is 4.90 Å². The maximum atomic E-state index is 12.9. The molecule has 4 heteroatoms. The van der Waals surface area contributed by atoms with Crippen LogP contribution < -0.4 is 5.32 Å². The number of halogens is 1. The molecular weight excluding hydrogens is 308 g/mol. The van der Waals surface area contributed by atoms with Gasteiger partial charge < -0.3 is 5.32 Å². The summed E-state index contributed by atoms with van der Waals surface area (Å²) in [5, 5.41) is 3.73. The third kappa shape index (κ3) is 4.12. The van der Waals surface area contributed by atoms with Gasteiger partial charge >= 0.3 is 0 Å². The highest BCUT2D eigenvalue weighted by molar-refractivity contribution is 6.30. The molecule has 1 unspecified atom stereocenters. The number of amides is 1. The zero-order valence-electron chi connectivity index (χ0n) is 13.0. The molecule has 1 heterocycles. The molecule has 0 saturated carbocycles. The summed E-state index contributed by atoms with van der Waals surface area (Å²) in [6.07, 6.45) is 3.52. The quantitative estimate of drug-likeness (QED) is 0.895. The number of hydrogen-bond acceptors (Lipinski definition) is 2. The second-order valence-corrected chi connectivity index (χ2v) is 6.34. The normalized spacial score (nSPS) is 16.7. The van der Waals surface area contributed by atoms with Crippen molar-refractivity contribution in [3.63, 3.8) is 0 Å². The Balaban J connectivity index is 1.84. The third-order valence-electron chi connectivity index (χ3n) is 4.23. The number of anilines is 1. The number of likely N-dealkylation sites (tertiary alicyclic amines) is 1. The first-order valence-electron chi connectivity index (χ1n) is 8.09. The van der Waals surface area contributed by atoms with E-state index in [1.54, 1.807) is 0 Å². The van der Waals surface area contributed by atoms with E-state index in [1.165, 1.54) is 6.42 Å². The molecule has 0 spiro atoms. The first kappa shape index (κ1) is 16.0. The molecule has 1 amide bonds. The molecule has 0 bridgehead atoms. The minimum absolute atomic E-state index is 0.0143. The van der Waals surface area contributed by atoms with E-state index in [2.05, 4.69) is 10.2 Å². The number of hydrogen-bond donors (Lipinski definition) is 1. The van der Waals surface area contributed by atoms with Gasteiger partial charge in [0.25, 0.3) is 0 Å². The van der Waals surface area contributed by atoms with Gasteiger partial charge in [-0.15, -0.1) is 0 Å². The minimum Gasteiger partial charge on any atom is -0.324 e. The van der Waals surface area contributed by atoms with Gasteiger partial charge in [-0.05, 0) is 55.8 Å². The summed E-state index contributed by atoms with van der Waals surface area (Å²) in [6.45, 7) is 1.91. The van der Waals surface area contributed by atoms with Crippen LogP contribution in [0.15, 0.2) is 54.6 Å². The van der Waals surface area contributed by atoms with Crippen LogP contribution in [0.3, 0.4) is 0 Å². The van der Waals surface area contributed by atoms with Gasteiger partial charge in [-0.3, -0.25) is 9.69 Å². The molecule has 0 aliphatic carbocycles. The largest absolute Gasteiger partial charge is 0.324 e. The van der Waals surface area contributed by atoms with Crippen molar-refractivity contribution in [2.45, 2.75) is 25.3 Å². The van der Waals surface area contributed by atoms with Crippen LogP contribution in [0.4, 0.5) is 5.69 Å². The summed E-state index contributed by atoms with van der Waals surface area (Å²) in [5.41, 5.74) is 1.82. The van der Waals surface area contributed by atoms with Gasteiger partial charge in [-0.1, -0.05) is 48.4 Å². The summed E-state index contributed by atoms with van der Waals surface area (Å²) in [6, 6.07) is 16.9. The molecule has 0 radical (unpaired) electrons. The number of carbonyl (C=O) groups is 1. The van der Waals surface area contributed by atoms with Crippen molar-refractivity contribution in [2.24, 2.45) is 0 Å². The van der Waals surface area contributed by atoms with E-state index in [0.29, 0.717) is 5.02 Å². The molecule has 1 N–H and O–H groups in total. The Morgan fingerprint density at radius 3 is 2.26 bits per heavy atom. The van der Waals surface area contributed by atoms with Gasteiger partial charge in [0, 0.05) is 10.7 Å². The van der Waals surface area contributed by atoms with Crippen LogP contribution in [0.2, 0.25) is 5.02 Å². The van der Waals surface area contributed by atoms with E-state index >= 15 is 0 Å². The van der Waals surface area contributed by atoms with Crippen molar-refractivity contribution in [1.29, 1.82) is 0 Å². The fraction of sp³-hybridized carbons (Fsp3) is 0.316. The van der Waals surface area contributed by atoms with Crippen LogP contribution in [0, 0.1) is 0 Å². The average Bonchev–Trinajstić information content (AvgIpc) is 2.59. The first-order valence-corrected chi connectivity index (χ1v) is 8.47. The van der Waals surface area contributed by atoms with E-state index in [0.717, 1.165) is 37.2 Å². The number of piperidine rings is 1. The number of benzene rings is 2. The summed E-state index contributed by atoms with van der Waals surface area (Å²) < 4.78 is 0. The van der Waals surface area contributed by atoms with Crippen molar-refractivity contribution in [3.05, 3.63) is 65.2 Å². The Morgan fingerprint density at radius 2 is 1.61 bits per heavy atom. The summed E-state index contributed by atoms with van der Waals surface area (Å²) in [5.74, 6) is 0.0143. The van der Waals surface area contributed by atoms with E-state index in [4.69, 9.17) is 11.6 Å². The third-order valence-corrected chi connectivity index (χ3v) is 4.48. The van der Waals surface area contributed by atoms with Crippen LogP contribution in [0.1, 0.15) is 30.9 Å². The smallest absolute Gasteiger partial charge is 0.246 e. The molecule has 2 aromatic carbocycles. The molecule has 3 nitrogen and oxygen atoms in total. The van der Waals surface area contributed by atoms with Gasteiger partial charge in [0.1, 0.15) is 6.04 Å². The van der Waals surface area contributed by atoms with Gasteiger partial charge in [-0.25, -0.2) is 0 Å². The number of para-hydroxylation sites is 1. The highest BCUT2D eigenvalue weighted by atomic mass is 35.5. The molecule has 0 aromatic heterocycles. The molecule has 1 atom stereocenters. The van der Waals surface area contributed by atoms with Crippen molar-refractivity contribution in [2.75, 3.05) is 18.4 Å². The van der Waals surface area contributed by atoms with E-state index in [9.17, 15) is 4.79 Å². The fourth-order valence-corrected chi connectivity index (χ4v) is 3.21. The van der Waals surface area contributed by atoms with E-state index in [1.807, 2.05) is 54.6 Å². The molecule has 2 aromatic rings. The van der Waals surface area contributed by atoms with Gasteiger partial charge in [-0.2, -0.15) is 0 Å². The van der Waals surface area contributed by atoms with Crippen molar-refractivity contribution >= 4 is 23.2 Å². The molecule has 1 aliphatic heterocycles. The Bertz CT molecular complexity index is 636. The lowest BCUT2D eigenvalue weighted by Crippen LogP contribution is -2.40. The lowest BCUT2D eigenvalue weighted by Gasteiger charge is -2.34. The Labute approximate surface area is 142 Å². The van der Waals surface area contributed by atoms with E-state index < -0.39 is 0 Å². The monoisotopic (exact) mass is 328 g/mol. The predicted octanol–water partition coefficient (Wildman–Crippen LogP) is 4.51. The molecule has 1 saturated heterocycles. The average molecular weight is 329 g/mol. The Morgan fingerprint density at radius 1 is 0.957 bits per heavy atom. The summed E-state index contributed by atoms with van der Waals surface area (Å²) in [4.78, 5) is 15.2. The van der Waals surface area contributed by atoms with Crippen LogP contribution >= 0.6 is 11.6 Å². The zero-order valence-corrected chi connectivity index (χ0v) is 13.8. The molecule has 1 aliphatic rings. The second-order valence-electron chi connectivity index (χ2n) is 5.91. The maximum absolute atomic E-state index is 12.9. The van der Waals surface area contributed by atoms with Crippen LogP contribution in [0.5, 0.6) is 0 Å². The van der Waals surface area contributed by atoms with Crippen LogP contribution in [-0.4, -0.2) is 23.9 Å². The van der Waals surface area contributed by atoms with Gasteiger partial charge in [0.05, 0.1) is 0 Å². The standard InChI is InChI=1S/C19H21ClN2O/c20-16-11-9-15(10-12-16)18(22-13-5-2-6-14-22)19(23)21-17-7-3-1-4-8-17/h1,3-4,7-12,18H,2,5-6,13-14H2,(H,21,23). The lowest BCUT2D eigenvalue weighted by molar-refractivity contribution is -0.122. The number of nitrogens with zero attached hydrogens (tertiary/aromatic N) is 1. The highest BCUT2D eigenvalue weighted by Crippen LogP contribution is 2.27. The van der Waals surface area contributed by atoms with Gasteiger partial charge in [0.15, 0.2) is 0 Å². The topological polar surface area (TPSA) is 32.3 Å². The van der Waals surface area contributed by atoms with Crippen LogP contribution in [0.25, 0.3) is 0 Å². The predicted molar refractivity (Wildman–Crippen MR) is 94.7 cm³/mol. The van der Waals surface area contributed by atoms with Crippen LogP contribution in [-0.2, 0) is 4.79 Å². The zero-order chi connectivity index (χ0) is 16.1. The number of nitrogens with one attached hydrogen (secondary N) is 1. The van der Waals surface area contributed by atoms with Crippen molar-refractivity contribution < 1.29 is 4.79 Å². The molecule has 23 heavy (non-hydrogen) atoms.